The molecule has 3 aromatic rings. The van der Waals surface area contributed by atoms with Crippen LogP contribution in [0.3, 0.4) is 0 Å². The lowest BCUT2D eigenvalue weighted by atomic mass is 9.93. The third kappa shape index (κ3) is 2.23. The maximum absolute atomic E-state index is 11.4. The van der Waals surface area contributed by atoms with E-state index in [9.17, 15) is 9.90 Å². The van der Waals surface area contributed by atoms with Crippen LogP contribution in [0.1, 0.15) is 18.4 Å². The number of H-pyrrole nitrogens is 1. The first kappa shape index (κ1) is 14.4. The van der Waals surface area contributed by atoms with Crippen LogP contribution in [0.15, 0.2) is 48.5 Å². The van der Waals surface area contributed by atoms with Crippen LogP contribution < -0.4 is 5.73 Å². The standard InChI is InChI=1S/C18H16N4O2/c19-16-15(20-22-21-16)13-3-1-11(2-4-13)12-5-7-14(8-6-12)18(9-10-18)17(23)24/h1-8H,9-10H2,(H,23,24)(H3,19,20,21,22). The van der Waals surface area contributed by atoms with Crippen LogP contribution >= 0.6 is 0 Å². The molecule has 0 saturated heterocycles. The van der Waals surface area contributed by atoms with E-state index < -0.39 is 11.4 Å². The smallest absolute Gasteiger partial charge is 0.314 e. The fourth-order valence-corrected chi connectivity index (χ4v) is 3.00. The van der Waals surface area contributed by atoms with Crippen molar-refractivity contribution in [2.24, 2.45) is 0 Å². The Morgan fingerprint density at radius 2 is 1.50 bits per heavy atom. The number of anilines is 1. The summed E-state index contributed by atoms with van der Waals surface area (Å²) in [5.74, 6) is -0.361. The summed E-state index contributed by atoms with van der Waals surface area (Å²) in [5.41, 5.74) is 9.59. The molecule has 1 saturated carbocycles. The largest absolute Gasteiger partial charge is 0.481 e. The number of hydrogen-bond donors (Lipinski definition) is 3. The minimum atomic E-state index is -0.732. The Kier molecular flexibility index (Phi) is 3.13. The molecule has 0 bridgehead atoms. The van der Waals surface area contributed by atoms with Gasteiger partial charge in [0.15, 0.2) is 5.82 Å². The minimum absolute atomic E-state index is 0.371. The molecule has 0 unspecified atom stereocenters. The topological polar surface area (TPSA) is 105 Å². The van der Waals surface area contributed by atoms with Gasteiger partial charge in [0.25, 0.3) is 0 Å². The number of nitrogens with one attached hydrogen (secondary N) is 1. The summed E-state index contributed by atoms with van der Waals surface area (Å²) >= 11 is 0. The first-order valence-electron chi connectivity index (χ1n) is 7.71. The molecule has 1 fully saturated rings. The highest BCUT2D eigenvalue weighted by Crippen LogP contribution is 2.48. The molecular weight excluding hydrogens is 304 g/mol. The Balaban J connectivity index is 1.60. The summed E-state index contributed by atoms with van der Waals surface area (Å²) in [5, 5.41) is 19.7. The number of hydrogen-bond acceptors (Lipinski definition) is 4. The molecule has 6 nitrogen and oxygen atoms in total. The fraction of sp³-hybridized carbons (Fsp3) is 0.167. The van der Waals surface area contributed by atoms with Gasteiger partial charge in [0.1, 0.15) is 5.69 Å². The maximum atomic E-state index is 11.4. The number of carbonyl (C=O) groups is 1. The highest BCUT2D eigenvalue weighted by atomic mass is 16.4. The summed E-state index contributed by atoms with van der Waals surface area (Å²) in [6, 6.07) is 15.6. The number of nitrogens with zero attached hydrogens (tertiary/aromatic N) is 2. The number of aromatic nitrogens is 3. The summed E-state index contributed by atoms with van der Waals surface area (Å²) in [4.78, 5) is 11.4. The van der Waals surface area contributed by atoms with E-state index in [-0.39, 0.29) is 0 Å². The van der Waals surface area contributed by atoms with Gasteiger partial charge in [-0.05, 0) is 29.5 Å². The average Bonchev–Trinajstić information content (AvgIpc) is 3.32. The van der Waals surface area contributed by atoms with Crippen molar-refractivity contribution in [2.75, 3.05) is 5.73 Å². The number of nitrogen functional groups attached to an aromatic ring is 1. The summed E-state index contributed by atoms with van der Waals surface area (Å²) < 4.78 is 0. The summed E-state index contributed by atoms with van der Waals surface area (Å²) in [7, 11) is 0. The summed E-state index contributed by atoms with van der Waals surface area (Å²) in [6.07, 6.45) is 1.44. The van der Waals surface area contributed by atoms with Crippen molar-refractivity contribution in [3.8, 4) is 22.4 Å². The lowest BCUT2D eigenvalue weighted by Gasteiger charge is -2.11. The number of aliphatic carboxylic acids is 1. The Bertz CT molecular complexity index is 894. The van der Waals surface area contributed by atoms with Crippen LogP contribution in [0.25, 0.3) is 22.4 Å². The van der Waals surface area contributed by atoms with Gasteiger partial charge in [0.05, 0.1) is 5.41 Å². The van der Waals surface area contributed by atoms with Crippen LogP contribution in [0.4, 0.5) is 5.82 Å². The molecule has 1 heterocycles. The molecule has 4 N–H and O–H groups in total. The zero-order valence-electron chi connectivity index (χ0n) is 12.9. The molecule has 0 radical (unpaired) electrons. The fourth-order valence-electron chi connectivity index (χ4n) is 3.00. The van der Waals surface area contributed by atoms with Gasteiger partial charge in [-0.1, -0.05) is 48.5 Å². The van der Waals surface area contributed by atoms with E-state index in [0.717, 1.165) is 35.1 Å². The van der Waals surface area contributed by atoms with Gasteiger partial charge in [-0.25, -0.2) is 0 Å². The number of carboxylic acid groups (broad SMARTS) is 1. The molecule has 24 heavy (non-hydrogen) atoms. The summed E-state index contributed by atoms with van der Waals surface area (Å²) in [6.45, 7) is 0. The zero-order valence-corrected chi connectivity index (χ0v) is 12.9. The van der Waals surface area contributed by atoms with Gasteiger partial charge in [-0.2, -0.15) is 10.3 Å². The molecule has 1 aliphatic rings. The highest BCUT2D eigenvalue weighted by molar-refractivity contribution is 5.85. The Hall–Kier alpha value is -3.15. The SMILES string of the molecule is Nc1n[nH]nc1-c1ccc(-c2ccc(C3(C(=O)O)CC3)cc2)cc1. The highest BCUT2D eigenvalue weighted by Gasteiger charge is 2.51. The Morgan fingerprint density at radius 3 is 1.96 bits per heavy atom. The molecule has 0 aliphatic heterocycles. The van der Waals surface area contributed by atoms with Crippen LogP contribution in [0.5, 0.6) is 0 Å². The second kappa shape index (κ2) is 5.19. The maximum Gasteiger partial charge on any atom is 0.314 e. The lowest BCUT2D eigenvalue weighted by molar-refractivity contribution is -0.140. The first-order valence-corrected chi connectivity index (χ1v) is 7.71. The van der Waals surface area contributed by atoms with E-state index >= 15 is 0 Å². The van der Waals surface area contributed by atoms with Gasteiger partial charge in [-0.3, -0.25) is 4.79 Å². The first-order chi connectivity index (χ1) is 11.6. The number of carboxylic acids is 1. The average molecular weight is 320 g/mol. The predicted molar refractivity (Wildman–Crippen MR) is 90.2 cm³/mol. The van der Waals surface area contributed by atoms with Crippen molar-refractivity contribution in [1.29, 1.82) is 0 Å². The number of aromatic amines is 1. The molecular formula is C18H16N4O2. The molecule has 120 valence electrons. The molecule has 1 aliphatic carbocycles. The van der Waals surface area contributed by atoms with Crippen molar-refractivity contribution in [3.63, 3.8) is 0 Å². The molecule has 2 aromatic carbocycles. The monoisotopic (exact) mass is 320 g/mol. The molecule has 0 atom stereocenters. The van der Waals surface area contributed by atoms with Gasteiger partial charge >= 0.3 is 5.97 Å². The van der Waals surface area contributed by atoms with Crippen molar-refractivity contribution in [2.45, 2.75) is 18.3 Å². The van der Waals surface area contributed by atoms with E-state index in [2.05, 4.69) is 15.4 Å². The van der Waals surface area contributed by atoms with Crippen LogP contribution in [0, 0.1) is 0 Å². The van der Waals surface area contributed by atoms with Crippen LogP contribution in [-0.2, 0) is 10.2 Å². The van der Waals surface area contributed by atoms with Gasteiger partial charge in [0, 0.05) is 5.56 Å². The Labute approximate surface area is 138 Å². The molecule has 0 spiro atoms. The molecule has 0 amide bonds. The zero-order chi connectivity index (χ0) is 16.7. The normalized spacial score (nSPS) is 15.2. The molecule has 6 heteroatoms. The van der Waals surface area contributed by atoms with Crippen molar-refractivity contribution < 1.29 is 9.90 Å². The second-order valence-corrected chi connectivity index (χ2v) is 6.10. The number of nitrogens with two attached hydrogens (primary N) is 1. The van der Waals surface area contributed by atoms with E-state index in [1.807, 2.05) is 48.5 Å². The van der Waals surface area contributed by atoms with Crippen molar-refractivity contribution in [3.05, 3.63) is 54.1 Å². The van der Waals surface area contributed by atoms with E-state index in [1.165, 1.54) is 0 Å². The number of benzene rings is 2. The third-order valence-electron chi connectivity index (χ3n) is 4.66. The van der Waals surface area contributed by atoms with Crippen LogP contribution in [-0.4, -0.2) is 26.5 Å². The molecule has 1 aromatic heterocycles. The van der Waals surface area contributed by atoms with Crippen LogP contribution in [0.2, 0.25) is 0 Å². The van der Waals surface area contributed by atoms with Crippen molar-refractivity contribution >= 4 is 11.8 Å². The third-order valence-corrected chi connectivity index (χ3v) is 4.66. The minimum Gasteiger partial charge on any atom is -0.481 e. The second-order valence-electron chi connectivity index (χ2n) is 6.10. The van der Waals surface area contributed by atoms with Gasteiger partial charge in [0.2, 0.25) is 0 Å². The number of rotatable bonds is 4. The Morgan fingerprint density at radius 1 is 0.958 bits per heavy atom. The van der Waals surface area contributed by atoms with Gasteiger partial charge < -0.3 is 10.8 Å². The lowest BCUT2D eigenvalue weighted by Crippen LogP contribution is -2.19. The van der Waals surface area contributed by atoms with Crippen molar-refractivity contribution in [1.82, 2.24) is 15.4 Å². The predicted octanol–water partition coefficient (Wildman–Crippen LogP) is 2.84. The van der Waals surface area contributed by atoms with E-state index in [4.69, 9.17) is 5.73 Å². The van der Waals surface area contributed by atoms with E-state index in [0.29, 0.717) is 11.5 Å². The molecule has 4 rings (SSSR count). The van der Waals surface area contributed by atoms with E-state index in [1.54, 1.807) is 0 Å². The quantitative estimate of drug-likeness (QED) is 0.685. The van der Waals surface area contributed by atoms with Gasteiger partial charge in [-0.15, -0.1) is 5.10 Å².